The van der Waals surface area contributed by atoms with Crippen LogP contribution in [0.4, 0.5) is 0 Å². The highest BCUT2D eigenvalue weighted by molar-refractivity contribution is 5.97. The van der Waals surface area contributed by atoms with E-state index in [1.165, 1.54) is 31.4 Å². The lowest BCUT2D eigenvalue weighted by Crippen LogP contribution is -2.23. The number of rotatable bonds is 7. The predicted molar refractivity (Wildman–Crippen MR) is 108 cm³/mol. The maximum Gasteiger partial charge on any atom is 0.262 e. The van der Waals surface area contributed by atoms with E-state index in [4.69, 9.17) is 10.00 Å². The van der Waals surface area contributed by atoms with Crippen molar-refractivity contribution in [3.05, 3.63) is 77.4 Å². The molecule has 0 aliphatic carbocycles. The van der Waals surface area contributed by atoms with Crippen LogP contribution in [0.15, 0.2) is 66.3 Å². The fraction of sp³-hybridized carbons (Fsp3) is 0.0909. The molecular formula is C22H20N2O5. The number of nitriles is 1. The SMILES string of the molecule is COc1cc(C=CC=CC=C(C#N)C(=O)NCc2ccc(O)c(O)c2)ccc1O. The van der Waals surface area contributed by atoms with E-state index in [0.29, 0.717) is 11.3 Å². The Kier molecular flexibility index (Phi) is 7.45. The molecule has 0 radical (unpaired) electrons. The zero-order valence-corrected chi connectivity index (χ0v) is 15.7. The smallest absolute Gasteiger partial charge is 0.262 e. The highest BCUT2D eigenvalue weighted by atomic mass is 16.5. The lowest BCUT2D eigenvalue weighted by molar-refractivity contribution is -0.117. The van der Waals surface area contributed by atoms with Gasteiger partial charge in [0.2, 0.25) is 0 Å². The quantitative estimate of drug-likeness (QED) is 0.248. The van der Waals surface area contributed by atoms with Gasteiger partial charge in [0.05, 0.1) is 7.11 Å². The third-order valence-electron chi connectivity index (χ3n) is 3.84. The van der Waals surface area contributed by atoms with Gasteiger partial charge in [0.1, 0.15) is 11.6 Å². The van der Waals surface area contributed by atoms with Crippen molar-refractivity contribution in [2.45, 2.75) is 6.54 Å². The first-order valence-electron chi connectivity index (χ1n) is 8.55. The average molecular weight is 392 g/mol. The number of phenolic OH excluding ortho intramolecular Hbond substituents is 3. The number of amides is 1. The molecule has 0 spiro atoms. The van der Waals surface area contributed by atoms with Gasteiger partial charge in [-0.05, 0) is 41.5 Å². The van der Waals surface area contributed by atoms with Gasteiger partial charge in [0.15, 0.2) is 23.0 Å². The van der Waals surface area contributed by atoms with Crippen LogP contribution < -0.4 is 10.1 Å². The minimum Gasteiger partial charge on any atom is -0.504 e. The van der Waals surface area contributed by atoms with E-state index in [1.54, 1.807) is 42.5 Å². The van der Waals surface area contributed by atoms with Crippen molar-refractivity contribution in [1.29, 1.82) is 5.26 Å². The number of methoxy groups -OCH3 is 1. The van der Waals surface area contributed by atoms with Crippen LogP contribution in [0.25, 0.3) is 6.08 Å². The maximum absolute atomic E-state index is 12.1. The van der Waals surface area contributed by atoms with Crippen molar-refractivity contribution in [3.8, 4) is 29.1 Å². The Labute approximate surface area is 168 Å². The Morgan fingerprint density at radius 3 is 2.52 bits per heavy atom. The summed E-state index contributed by atoms with van der Waals surface area (Å²) in [6.45, 7) is 0.0952. The molecule has 0 aliphatic rings. The molecule has 0 aromatic heterocycles. The van der Waals surface area contributed by atoms with Gasteiger partial charge in [0.25, 0.3) is 5.91 Å². The molecule has 2 aromatic carbocycles. The number of carbonyl (C=O) groups is 1. The molecule has 2 rings (SSSR count). The van der Waals surface area contributed by atoms with Crippen molar-refractivity contribution in [2.75, 3.05) is 7.11 Å². The van der Waals surface area contributed by atoms with Crippen LogP contribution in [0, 0.1) is 11.3 Å². The maximum atomic E-state index is 12.1. The van der Waals surface area contributed by atoms with E-state index in [9.17, 15) is 20.1 Å². The molecule has 0 bridgehead atoms. The first kappa shape index (κ1) is 21.1. The normalized spacial score (nSPS) is 11.5. The number of nitrogens with zero attached hydrogens (tertiary/aromatic N) is 1. The molecule has 0 heterocycles. The minimum atomic E-state index is -0.558. The number of hydrogen-bond donors (Lipinski definition) is 4. The molecule has 148 valence electrons. The molecule has 0 saturated carbocycles. The number of nitrogens with one attached hydrogen (secondary N) is 1. The number of phenols is 3. The first-order valence-corrected chi connectivity index (χ1v) is 8.55. The number of aromatic hydroxyl groups is 3. The lowest BCUT2D eigenvalue weighted by atomic mass is 10.1. The predicted octanol–water partition coefficient (Wildman–Crippen LogP) is 3.15. The average Bonchev–Trinajstić information content (AvgIpc) is 2.72. The van der Waals surface area contributed by atoms with E-state index in [0.717, 1.165) is 5.56 Å². The van der Waals surface area contributed by atoms with Gasteiger partial charge >= 0.3 is 0 Å². The van der Waals surface area contributed by atoms with Gasteiger partial charge in [-0.15, -0.1) is 0 Å². The van der Waals surface area contributed by atoms with E-state index >= 15 is 0 Å². The molecule has 2 aromatic rings. The third kappa shape index (κ3) is 6.19. The number of allylic oxidation sites excluding steroid dienone is 4. The summed E-state index contributed by atoms with van der Waals surface area (Å²) in [5, 5.41) is 40.0. The minimum absolute atomic E-state index is 0.0512. The molecule has 0 saturated heterocycles. The third-order valence-corrected chi connectivity index (χ3v) is 3.84. The summed E-state index contributed by atoms with van der Waals surface area (Å²) in [7, 11) is 1.46. The zero-order valence-electron chi connectivity index (χ0n) is 15.7. The Morgan fingerprint density at radius 1 is 1.07 bits per heavy atom. The number of carbonyl (C=O) groups excluding carboxylic acids is 1. The molecule has 0 atom stereocenters. The van der Waals surface area contributed by atoms with Gasteiger partial charge in [-0.25, -0.2) is 0 Å². The highest BCUT2D eigenvalue weighted by Gasteiger charge is 2.08. The van der Waals surface area contributed by atoms with E-state index in [1.807, 2.05) is 6.07 Å². The van der Waals surface area contributed by atoms with Crippen molar-refractivity contribution >= 4 is 12.0 Å². The van der Waals surface area contributed by atoms with Gasteiger partial charge in [-0.3, -0.25) is 4.79 Å². The van der Waals surface area contributed by atoms with Crippen molar-refractivity contribution in [3.63, 3.8) is 0 Å². The van der Waals surface area contributed by atoms with Crippen molar-refractivity contribution in [1.82, 2.24) is 5.32 Å². The molecule has 7 nitrogen and oxygen atoms in total. The zero-order chi connectivity index (χ0) is 21.2. The van der Waals surface area contributed by atoms with Gasteiger partial charge in [-0.2, -0.15) is 5.26 Å². The fourth-order valence-electron chi connectivity index (χ4n) is 2.30. The molecule has 7 heteroatoms. The van der Waals surface area contributed by atoms with E-state index in [2.05, 4.69) is 5.32 Å². The van der Waals surface area contributed by atoms with Crippen LogP contribution in [0.3, 0.4) is 0 Å². The Morgan fingerprint density at radius 2 is 1.83 bits per heavy atom. The Hall–Kier alpha value is -4.18. The van der Waals surface area contributed by atoms with Crippen LogP contribution in [0.5, 0.6) is 23.0 Å². The summed E-state index contributed by atoms with van der Waals surface area (Å²) in [6, 6.07) is 10.9. The van der Waals surface area contributed by atoms with Crippen LogP contribution in [-0.2, 0) is 11.3 Å². The molecule has 1 amide bonds. The first-order chi connectivity index (χ1) is 13.9. The van der Waals surface area contributed by atoms with Crippen molar-refractivity contribution < 1.29 is 24.9 Å². The number of hydrogen-bond acceptors (Lipinski definition) is 6. The molecular weight excluding hydrogens is 372 g/mol. The van der Waals surface area contributed by atoms with Crippen LogP contribution >= 0.6 is 0 Å². The summed E-state index contributed by atoms with van der Waals surface area (Å²) < 4.78 is 5.03. The molecule has 29 heavy (non-hydrogen) atoms. The van der Waals surface area contributed by atoms with E-state index < -0.39 is 5.91 Å². The monoisotopic (exact) mass is 392 g/mol. The number of ether oxygens (including phenoxy) is 1. The topological polar surface area (TPSA) is 123 Å². The molecule has 0 aliphatic heterocycles. The van der Waals surface area contributed by atoms with Crippen LogP contribution in [0.1, 0.15) is 11.1 Å². The summed E-state index contributed by atoms with van der Waals surface area (Å²) in [4.78, 5) is 12.1. The fourth-order valence-corrected chi connectivity index (χ4v) is 2.30. The van der Waals surface area contributed by atoms with Crippen molar-refractivity contribution in [2.24, 2.45) is 0 Å². The van der Waals surface area contributed by atoms with Crippen LogP contribution in [-0.4, -0.2) is 28.3 Å². The number of benzene rings is 2. The molecule has 0 fully saturated rings. The standard InChI is InChI=1S/C22H20N2O5/c1-29-21-12-15(7-10-19(21)26)5-3-2-4-6-17(13-23)22(28)24-14-16-8-9-18(25)20(27)11-16/h2-12,25-27H,14H2,1H3,(H,24,28). The van der Waals surface area contributed by atoms with Gasteiger partial charge in [-0.1, -0.05) is 36.4 Å². The summed E-state index contributed by atoms with van der Waals surface area (Å²) >= 11 is 0. The Bertz CT molecular complexity index is 1020. The molecule has 0 unspecified atom stereocenters. The Balaban J connectivity index is 1.95. The van der Waals surface area contributed by atoms with Crippen LogP contribution in [0.2, 0.25) is 0 Å². The largest absolute Gasteiger partial charge is 0.504 e. The second kappa shape index (κ2) is 10.2. The highest BCUT2D eigenvalue weighted by Crippen LogP contribution is 2.27. The second-order valence-corrected chi connectivity index (χ2v) is 5.87. The molecule has 4 N–H and O–H groups in total. The summed E-state index contributed by atoms with van der Waals surface area (Å²) in [5.41, 5.74) is 1.31. The summed E-state index contributed by atoms with van der Waals surface area (Å²) in [5.74, 6) is -0.677. The van der Waals surface area contributed by atoms with Gasteiger partial charge in [0, 0.05) is 6.54 Å². The lowest BCUT2D eigenvalue weighted by Gasteiger charge is -2.05. The van der Waals surface area contributed by atoms with Gasteiger partial charge < -0.3 is 25.4 Å². The second-order valence-electron chi connectivity index (χ2n) is 5.87. The summed E-state index contributed by atoms with van der Waals surface area (Å²) in [6.07, 6.45) is 8.08. The van der Waals surface area contributed by atoms with E-state index in [-0.39, 0.29) is 29.4 Å².